The molecule has 0 bridgehead atoms. The third-order valence-corrected chi connectivity index (χ3v) is 4.24. The number of benzene rings is 2. The Morgan fingerprint density at radius 2 is 1.31 bits per heavy atom. The van der Waals surface area contributed by atoms with Gasteiger partial charge in [0, 0.05) is 6.54 Å². The summed E-state index contributed by atoms with van der Waals surface area (Å²) >= 11 is 0. The van der Waals surface area contributed by atoms with Crippen LogP contribution < -0.4 is 0 Å². The first-order valence-corrected chi connectivity index (χ1v) is 8.16. The third-order valence-electron chi connectivity index (χ3n) is 4.24. The zero-order valence-corrected chi connectivity index (χ0v) is 14.2. The number of aliphatic carboxylic acids is 2. The van der Waals surface area contributed by atoms with E-state index in [1.165, 1.54) is 4.90 Å². The van der Waals surface area contributed by atoms with E-state index in [-0.39, 0.29) is 13.0 Å². The summed E-state index contributed by atoms with van der Waals surface area (Å²) in [4.78, 5) is 23.4. The maximum Gasteiger partial charge on any atom is 0.317 e. The Hall–Kier alpha value is -3.17. The molecule has 0 amide bonds. The predicted molar refractivity (Wildman–Crippen MR) is 95.6 cm³/mol. The molecule has 0 atom stereocenters. The Labute approximate surface area is 151 Å². The van der Waals surface area contributed by atoms with Crippen molar-refractivity contribution in [2.45, 2.75) is 11.8 Å². The second kappa shape index (κ2) is 8.79. The van der Waals surface area contributed by atoms with E-state index in [2.05, 4.69) is 6.07 Å². The Morgan fingerprint density at radius 3 is 1.65 bits per heavy atom. The molecule has 0 saturated carbocycles. The minimum atomic E-state index is -1.10. The number of hydrogen-bond donors (Lipinski definition) is 2. The number of carbonyl (C=O) groups is 2. The van der Waals surface area contributed by atoms with Crippen LogP contribution in [0.2, 0.25) is 0 Å². The molecule has 134 valence electrons. The van der Waals surface area contributed by atoms with Crippen molar-refractivity contribution in [3.8, 4) is 6.07 Å². The predicted octanol–water partition coefficient (Wildman–Crippen LogP) is 2.36. The van der Waals surface area contributed by atoms with E-state index in [1.54, 1.807) is 0 Å². The van der Waals surface area contributed by atoms with E-state index in [0.717, 1.165) is 11.1 Å². The van der Waals surface area contributed by atoms with Crippen LogP contribution in [0.25, 0.3) is 0 Å². The standard InChI is InChI=1S/C20H20N2O4/c21-15-20(16-7-3-1-4-8-16,17-9-5-2-6-10-17)11-12-22(13-18(23)24)14-19(25)26/h1-10H,11-14H2,(H,23,24)(H,25,26). The third kappa shape index (κ3) is 4.68. The molecule has 6 heteroatoms. The van der Waals surface area contributed by atoms with E-state index in [9.17, 15) is 14.9 Å². The van der Waals surface area contributed by atoms with Gasteiger partial charge in [0.2, 0.25) is 0 Å². The maximum absolute atomic E-state index is 11.0. The molecule has 0 spiro atoms. The van der Waals surface area contributed by atoms with Gasteiger partial charge >= 0.3 is 11.9 Å². The van der Waals surface area contributed by atoms with Crippen molar-refractivity contribution in [1.82, 2.24) is 4.90 Å². The number of nitrogens with zero attached hydrogens (tertiary/aromatic N) is 2. The fraction of sp³-hybridized carbons (Fsp3) is 0.250. The largest absolute Gasteiger partial charge is 0.480 e. The van der Waals surface area contributed by atoms with Crippen molar-refractivity contribution in [3.63, 3.8) is 0 Å². The maximum atomic E-state index is 11.0. The Kier molecular flexibility index (Phi) is 6.48. The van der Waals surface area contributed by atoms with Gasteiger partial charge in [-0.1, -0.05) is 60.7 Å². The number of rotatable bonds is 9. The molecule has 0 aromatic heterocycles. The van der Waals surface area contributed by atoms with Gasteiger partial charge < -0.3 is 10.2 Å². The number of hydrogen-bond acceptors (Lipinski definition) is 4. The Morgan fingerprint density at radius 1 is 0.885 bits per heavy atom. The van der Waals surface area contributed by atoms with Crippen molar-refractivity contribution in [2.24, 2.45) is 0 Å². The van der Waals surface area contributed by atoms with Crippen molar-refractivity contribution < 1.29 is 19.8 Å². The number of carboxylic acid groups (broad SMARTS) is 2. The summed E-state index contributed by atoms with van der Waals surface area (Å²) in [6, 6.07) is 20.9. The summed E-state index contributed by atoms with van der Waals surface area (Å²) < 4.78 is 0. The molecule has 2 N–H and O–H groups in total. The van der Waals surface area contributed by atoms with Gasteiger partial charge in [0.05, 0.1) is 19.2 Å². The summed E-state index contributed by atoms with van der Waals surface area (Å²) in [5.41, 5.74) is 0.594. The van der Waals surface area contributed by atoms with Gasteiger partial charge in [0.15, 0.2) is 0 Å². The average Bonchev–Trinajstić information content (AvgIpc) is 2.63. The van der Waals surface area contributed by atoms with Gasteiger partial charge in [-0.2, -0.15) is 5.26 Å². The fourth-order valence-corrected chi connectivity index (χ4v) is 3.01. The van der Waals surface area contributed by atoms with Crippen LogP contribution in [-0.2, 0) is 15.0 Å². The highest BCUT2D eigenvalue weighted by atomic mass is 16.4. The molecule has 26 heavy (non-hydrogen) atoms. The molecule has 0 aliphatic rings. The lowest BCUT2D eigenvalue weighted by molar-refractivity contribution is -0.141. The molecule has 2 rings (SSSR count). The molecule has 0 saturated heterocycles. The zero-order chi connectivity index (χ0) is 19.0. The van der Waals surface area contributed by atoms with Gasteiger partial charge in [0.25, 0.3) is 0 Å². The smallest absolute Gasteiger partial charge is 0.317 e. The van der Waals surface area contributed by atoms with Crippen LogP contribution in [0.3, 0.4) is 0 Å². The van der Waals surface area contributed by atoms with Gasteiger partial charge in [-0.15, -0.1) is 0 Å². The fourth-order valence-electron chi connectivity index (χ4n) is 3.01. The summed E-state index contributed by atoms with van der Waals surface area (Å²) in [6.07, 6.45) is 0.276. The zero-order valence-electron chi connectivity index (χ0n) is 14.2. The van der Waals surface area contributed by atoms with E-state index >= 15 is 0 Å². The first kappa shape index (κ1) is 19.2. The van der Waals surface area contributed by atoms with E-state index in [1.807, 2.05) is 60.7 Å². The van der Waals surface area contributed by atoms with Crippen molar-refractivity contribution in [3.05, 3.63) is 71.8 Å². The summed E-state index contributed by atoms with van der Waals surface area (Å²) in [5.74, 6) is -2.21. The normalized spacial score (nSPS) is 11.1. The highest BCUT2D eigenvalue weighted by Crippen LogP contribution is 2.35. The average molecular weight is 352 g/mol. The molecule has 0 fully saturated rings. The second-order valence-corrected chi connectivity index (χ2v) is 6.00. The minimum absolute atomic E-state index is 0.163. The van der Waals surface area contributed by atoms with Crippen molar-refractivity contribution in [2.75, 3.05) is 19.6 Å². The summed E-state index contributed by atoms with van der Waals surface area (Å²) in [5, 5.41) is 28.1. The molecule has 2 aromatic rings. The molecule has 0 aliphatic heterocycles. The van der Waals surface area contributed by atoms with E-state index in [4.69, 9.17) is 10.2 Å². The van der Waals surface area contributed by atoms with E-state index < -0.39 is 30.4 Å². The van der Waals surface area contributed by atoms with Crippen LogP contribution in [-0.4, -0.2) is 46.7 Å². The van der Waals surface area contributed by atoms with Gasteiger partial charge in [-0.05, 0) is 17.5 Å². The Bertz CT molecular complexity index is 729. The molecule has 0 radical (unpaired) electrons. The molecule has 0 heterocycles. The van der Waals surface area contributed by atoms with Gasteiger partial charge in [0.1, 0.15) is 5.41 Å². The highest BCUT2D eigenvalue weighted by Gasteiger charge is 2.35. The van der Waals surface area contributed by atoms with Crippen LogP contribution in [0, 0.1) is 11.3 Å². The SMILES string of the molecule is N#CC(CCN(CC(=O)O)CC(=O)O)(c1ccccc1)c1ccccc1. The molecular formula is C20H20N2O4. The van der Waals surface area contributed by atoms with Crippen molar-refractivity contribution in [1.29, 1.82) is 5.26 Å². The number of nitriles is 1. The molecule has 0 unspecified atom stereocenters. The highest BCUT2D eigenvalue weighted by molar-refractivity contribution is 5.72. The van der Waals surface area contributed by atoms with Crippen LogP contribution in [0.4, 0.5) is 0 Å². The molecule has 0 aliphatic carbocycles. The summed E-state index contributed by atoms with van der Waals surface area (Å²) in [7, 11) is 0. The lowest BCUT2D eigenvalue weighted by atomic mass is 9.73. The monoisotopic (exact) mass is 352 g/mol. The lowest BCUT2D eigenvalue weighted by Gasteiger charge is -2.30. The van der Waals surface area contributed by atoms with Gasteiger partial charge in [-0.3, -0.25) is 14.5 Å². The van der Waals surface area contributed by atoms with Crippen LogP contribution in [0.5, 0.6) is 0 Å². The van der Waals surface area contributed by atoms with E-state index in [0.29, 0.717) is 0 Å². The topological polar surface area (TPSA) is 102 Å². The van der Waals surface area contributed by atoms with Crippen LogP contribution >= 0.6 is 0 Å². The van der Waals surface area contributed by atoms with Gasteiger partial charge in [-0.25, -0.2) is 0 Å². The quantitative estimate of drug-likeness (QED) is 0.718. The van der Waals surface area contributed by atoms with Crippen LogP contribution in [0.15, 0.2) is 60.7 Å². The minimum Gasteiger partial charge on any atom is -0.480 e. The second-order valence-electron chi connectivity index (χ2n) is 6.00. The summed E-state index contributed by atoms with van der Waals surface area (Å²) in [6.45, 7) is -0.620. The first-order chi connectivity index (χ1) is 12.5. The molecule has 6 nitrogen and oxygen atoms in total. The first-order valence-electron chi connectivity index (χ1n) is 8.16. The molecule has 2 aromatic carbocycles. The lowest BCUT2D eigenvalue weighted by Crippen LogP contribution is -2.39. The Balaban J connectivity index is 2.37. The van der Waals surface area contributed by atoms with Crippen molar-refractivity contribution >= 4 is 11.9 Å². The molecular weight excluding hydrogens is 332 g/mol. The number of carboxylic acids is 2. The van der Waals surface area contributed by atoms with Crippen LogP contribution in [0.1, 0.15) is 17.5 Å².